The Morgan fingerprint density at radius 2 is 2.00 bits per heavy atom. The van der Waals surface area contributed by atoms with Crippen LogP contribution in [-0.4, -0.2) is 45.5 Å². The molecule has 0 radical (unpaired) electrons. The maximum atomic E-state index is 12.0. The molecule has 24 heavy (non-hydrogen) atoms. The van der Waals surface area contributed by atoms with Gasteiger partial charge in [-0.3, -0.25) is 4.79 Å². The number of sulfone groups is 1. The van der Waals surface area contributed by atoms with Gasteiger partial charge in [0.1, 0.15) is 5.75 Å². The van der Waals surface area contributed by atoms with Crippen molar-refractivity contribution >= 4 is 28.2 Å². The van der Waals surface area contributed by atoms with Gasteiger partial charge in [-0.05, 0) is 50.3 Å². The van der Waals surface area contributed by atoms with Crippen LogP contribution in [0.5, 0.6) is 0 Å². The number of halogens is 1. The Morgan fingerprint density at radius 3 is 2.67 bits per heavy atom. The van der Waals surface area contributed by atoms with Gasteiger partial charge in [0.25, 0.3) is 0 Å². The highest BCUT2D eigenvalue weighted by Crippen LogP contribution is 2.08. The van der Waals surface area contributed by atoms with Crippen LogP contribution in [0.1, 0.15) is 24.8 Å². The Kier molecular flexibility index (Phi) is 9.33. The second-order valence-corrected chi connectivity index (χ2v) is 8.38. The fraction of sp³-hybridized carbons (Fsp3) is 0.588. The Bertz CT molecular complexity index is 587. The van der Waals surface area contributed by atoms with Crippen LogP contribution in [-0.2, 0) is 21.1 Å². The van der Waals surface area contributed by atoms with Crippen LogP contribution in [0, 0.1) is 5.92 Å². The van der Waals surface area contributed by atoms with Crippen molar-refractivity contribution < 1.29 is 13.2 Å². The smallest absolute Gasteiger partial charge is 0.235 e. The van der Waals surface area contributed by atoms with E-state index in [1.807, 2.05) is 30.3 Å². The second kappa shape index (κ2) is 10.7. The molecule has 1 aromatic carbocycles. The zero-order valence-corrected chi connectivity index (χ0v) is 15.5. The molecule has 1 aliphatic heterocycles. The molecule has 7 heteroatoms. The number of nitrogens with one attached hydrogen (secondary N) is 2. The summed E-state index contributed by atoms with van der Waals surface area (Å²) in [6.45, 7) is 2.48. The van der Waals surface area contributed by atoms with Gasteiger partial charge in [-0.2, -0.15) is 0 Å². The fourth-order valence-corrected chi connectivity index (χ4v) is 4.05. The van der Waals surface area contributed by atoms with Gasteiger partial charge in [0.05, 0.1) is 5.75 Å². The number of carbonyl (C=O) groups is 1. The van der Waals surface area contributed by atoms with E-state index in [1.54, 1.807) is 0 Å². The SMILES string of the molecule is Cl.O=C(CS(=O)(=O)CCCc1ccccc1)NCC1CCCNC1. The van der Waals surface area contributed by atoms with Crippen LogP contribution in [0.3, 0.4) is 0 Å². The van der Waals surface area contributed by atoms with E-state index < -0.39 is 15.6 Å². The van der Waals surface area contributed by atoms with Crippen LogP contribution in [0.15, 0.2) is 30.3 Å². The van der Waals surface area contributed by atoms with Crippen molar-refractivity contribution in [2.24, 2.45) is 5.92 Å². The molecule has 1 atom stereocenters. The average molecular weight is 375 g/mol. The molecule has 1 saturated heterocycles. The van der Waals surface area contributed by atoms with Crippen LogP contribution in [0.2, 0.25) is 0 Å². The minimum Gasteiger partial charge on any atom is -0.355 e. The lowest BCUT2D eigenvalue weighted by molar-refractivity contribution is -0.118. The van der Waals surface area contributed by atoms with Gasteiger partial charge in [-0.25, -0.2) is 8.42 Å². The minimum atomic E-state index is -3.33. The number of amides is 1. The van der Waals surface area contributed by atoms with Crippen molar-refractivity contribution in [3.63, 3.8) is 0 Å². The van der Waals surface area contributed by atoms with Crippen LogP contribution in [0.4, 0.5) is 0 Å². The summed E-state index contributed by atoms with van der Waals surface area (Å²) in [5.74, 6) is -0.314. The molecule has 5 nitrogen and oxygen atoms in total. The van der Waals surface area contributed by atoms with Crippen molar-refractivity contribution in [1.29, 1.82) is 0 Å². The van der Waals surface area contributed by atoms with Crippen LogP contribution < -0.4 is 10.6 Å². The van der Waals surface area contributed by atoms with Gasteiger partial charge in [-0.1, -0.05) is 30.3 Å². The monoisotopic (exact) mass is 374 g/mol. The summed E-state index contributed by atoms with van der Waals surface area (Å²) >= 11 is 0. The summed E-state index contributed by atoms with van der Waals surface area (Å²) in [7, 11) is -3.33. The standard InChI is InChI=1S/C17H26N2O3S.ClH/c20-17(19-13-16-8-4-10-18-12-16)14-23(21,22)11-5-9-15-6-2-1-3-7-15;/h1-3,6-7,16,18H,4-5,8-14H2,(H,19,20);1H. The first kappa shape index (κ1) is 20.9. The van der Waals surface area contributed by atoms with Gasteiger partial charge in [0, 0.05) is 6.54 Å². The molecular formula is C17H27ClN2O3S. The molecular weight excluding hydrogens is 348 g/mol. The molecule has 1 fully saturated rings. The number of rotatable bonds is 8. The Labute approximate surface area is 150 Å². The quantitative estimate of drug-likeness (QED) is 0.724. The fourth-order valence-electron chi connectivity index (χ4n) is 2.82. The highest BCUT2D eigenvalue weighted by molar-refractivity contribution is 7.92. The molecule has 136 valence electrons. The van der Waals surface area contributed by atoms with Crippen molar-refractivity contribution in [2.75, 3.05) is 31.1 Å². The normalized spacial score (nSPS) is 17.8. The third-order valence-electron chi connectivity index (χ3n) is 4.10. The predicted molar refractivity (Wildman–Crippen MR) is 99.3 cm³/mol. The topological polar surface area (TPSA) is 75.3 Å². The Hall–Kier alpha value is -1.11. The van der Waals surface area contributed by atoms with E-state index in [1.165, 1.54) is 0 Å². The highest BCUT2D eigenvalue weighted by Gasteiger charge is 2.18. The minimum absolute atomic E-state index is 0. The molecule has 1 aromatic rings. The van der Waals surface area contributed by atoms with E-state index in [4.69, 9.17) is 0 Å². The van der Waals surface area contributed by atoms with Crippen molar-refractivity contribution in [2.45, 2.75) is 25.7 Å². The number of hydrogen-bond acceptors (Lipinski definition) is 4. The third-order valence-corrected chi connectivity index (χ3v) is 5.71. The highest BCUT2D eigenvalue weighted by atomic mass is 35.5. The molecule has 0 bridgehead atoms. The van der Waals surface area contributed by atoms with Gasteiger partial charge in [0.2, 0.25) is 5.91 Å². The predicted octanol–water partition coefficient (Wildman–Crippen LogP) is 1.57. The Morgan fingerprint density at radius 1 is 1.25 bits per heavy atom. The average Bonchev–Trinajstić information content (AvgIpc) is 2.54. The first-order valence-corrected chi connectivity index (χ1v) is 10.1. The van der Waals surface area contributed by atoms with Crippen molar-refractivity contribution in [1.82, 2.24) is 10.6 Å². The number of piperidine rings is 1. The van der Waals surface area contributed by atoms with Gasteiger partial charge < -0.3 is 10.6 Å². The van der Waals surface area contributed by atoms with E-state index in [0.29, 0.717) is 18.9 Å². The zero-order valence-electron chi connectivity index (χ0n) is 13.9. The van der Waals surface area contributed by atoms with Gasteiger partial charge in [0.15, 0.2) is 9.84 Å². The Balaban J connectivity index is 0.00000288. The maximum Gasteiger partial charge on any atom is 0.235 e. The molecule has 1 amide bonds. The largest absolute Gasteiger partial charge is 0.355 e. The van der Waals surface area contributed by atoms with E-state index in [-0.39, 0.29) is 24.1 Å². The maximum absolute atomic E-state index is 12.0. The van der Waals surface area contributed by atoms with Crippen molar-refractivity contribution in [3.05, 3.63) is 35.9 Å². The molecule has 0 saturated carbocycles. The molecule has 0 aromatic heterocycles. The summed E-state index contributed by atoms with van der Waals surface area (Å²) < 4.78 is 24.0. The summed E-state index contributed by atoms with van der Waals surface area (Å²) in [6, 6.07) is 9.79. The molecule has 2 rings (SSSR count). The van der Waals surface area contributed by atoms with Crippen molar-refractivity contribution in [3.8, 4) is 0 Å². The van der Waals surface area contributed by atoms with E-state index in [0.717, 1.165) is 37.9 Å². The summed E-state index contributed by atoms with van der Waals surface area (Å²) in [6.07, 6.45) is 3.46. The summed E-state index contributed by atoms with van der Waals surface area (Å²) in [4.78, 5) is 11.8. The van der Waals surface area contributed by atoms with Crippen LogP contribution >= 0.6 is 12.4 Å². The molecule has 1 aliphatic rings. The van der Waals surface area contributed by atoms with Gasteiger partial charge >= 0.3 is 0 Å². The van der Waals surface area contributed by atoms with Gasteiger partial charge in [-0.15, -0.1) is 12.4 Å². The van der Waals surface area contributed by atoms with E-state index in [9.17, 15) is 13.2 Å². The molecule has 2 N–H and O–H groups in total. The molecule has 1 heterocycles. The first-order valence-electron chi connectivity index (χ1n) is 8.27. The first-order chi connectivity index (χ1) is 11.1. The van der Waals surface area contributed by atoms with E-state index >= 15 is 0 Å². The molecule has 0 aliphatic carbocycles. The number of carbonyl (C=O) groups excluding carboxylic acids is 1. The number of aryl methyl sites for hydroxylation is 1. The summed E-state index contributed by atoms with van der Waals surface area (Å²) in [5.41, 5.74) is 1.12. The lowest BCUT2D eigenvalue weighted by atomic mass is 10.00. The van der Waals surface area contributed by atoms with E-state index in [2.05, 4.69) is 10.6 Å². The second-order valence-electron chi connectivity index (χ2n) is 6.20. The molecule has 1 unspecified atom stereocenters. The zero-order chi connectivity index (χ0) is 16.5. The number of benzene rings is 1. The van der Waals surface area contributed by atoms with Crippen LogP contribution in [0.25, 0.3) is 0 Å². The number of hydrogen-bond donors (Lipinski definition) is 2. The lowest BCUT2D eigenvalue weighted by Gasteiger charge is -2.22. The third kappa shape index (κ3) is 8.13. The lowest BCUT2D eigenvalue weighted by Crippen LogP contribution is -2.40. The molecule has 0 spiro atoms. The summed E-state index contributed by atoms with van der Waals surface area (Å²) in [5, 5.41) is 6.04.